The third-order valence-electron chi connectivity index (χ3n) is 5.94. The van der Waals surface area contributed by atoms with Gasteiger partial charge in [0, 0.05) is 17.5 Å². The Morgan fingerprint density at radius 2 is 1.73 bits per heavy atom. The summed E-state index contributed by atoms with van der Waals surface area (Å²) in [6, 6.07) is 17.6. The molecule has 0 aliphatic carbocycles. The average molecular weight is 347 g/mol. The molecule has 0 amide bonds. The number of benzene rings is 2. The summed E-state index contributed by atoms with van der Waals surface area (Å²) in [4.78, 5) is 0. The van der Waals surface area contributed by atoms with Gasteiger partial charge >= 0.3 is 0 Å². The Morgan fingerprint density at radius 3 is 2.46 bits per heavy atom. The summed E-state index contributed by atoms with van der Waals surface area (Å²) >= 11 is 0. The molecule has 136 valence electrons. The summed E-state index contributed by atoms with van der Waals surface area (Å²) in [5, 5.41) is 2.25. The van der Waals surface area contributed by atoms with Gasteiger partial charge in [0.2, 0.25) is 0 Å². The number of hydrazine groups is 1. The van der Waals surface area contributed by atoms with Crippen LogP contribution in [0.25, 0.3) is 0 Å². The van der Waals surface area contributed by atoms with Gasteiger partial charge in [0.25, 0.3) is 0 Å². The Morgan fingerprint density at radius 1 is 1.08 bits per heavy atom. The number of allylic oxidation sites excluding steroid dienone is 2. The fourth-order valence-corrected chi connectivity index (χ4v) is 3.86. The largest absolute Gasteiger partial charge is 0.305 e. The third-order valence-corrected chi connectivity index (χ3v) is 5.94. The molecule has 0 saturated heterocycles. The van der Waals surface area contributed by atoms with Crippen molar-refractivity contribution in [2.75, 3.05) is 5.01 Å². The molecule has 2 nitrogen and oxygen atoms in total. The Kier molecular flexibility index (Phi) is 4.95. The normalized spacial score (nSPS) is 19.7. The highest BCUT2D eigenvalue weighted by Crippen LogP contribution is 2.39. The van der Waals surface area contributed by atoms with Crippen LogP contribution in [0.3, 0.4) is 0 Å². The highest BCUT2D eigenvalue weighted by molar-refractivity contribution is 5.60. The quantitative estimate of drug-likeness (QED) is 0.682. The lowest BCUT2D eigenvalue weighted by molar-refractivity contribution is 0.564. The van der Waals surface area contributed by atoms with Crippen molar-refractivity contribution < 1.29 is 0 Å². The van der Waals surface area contributed by atoms with Crippen LogP contribution in [0.1, 0.15) is 50.3 Å². The predicted octanol–water partition coefficient (Wildman–Crippen LogP) is 5.86. The molecule has 0 radical (unpaired) electrons. The van der Waals surface area contributed by atoms with Gasteiger partial charge in [-0.1, -0.05) is 69.8 Å². The van der Waals surface area contributed by atoms with E-state index in [-0.39, 0.29) is 5.41 Å². The lowest BCUT2D eigenvalue weighted by atomic mass is 9.76. The molecule has 1 aliphatic heterocycles. The first-order valence-electron chi connectivity index (χ1n) is 9.40. The second-order valence-electron chi connectivity index (χ2n) is 7.89. The van der Waals surface area contributed by atoms with Crippen LogP contribution >= 0.6 is 0 Å². The van der Waals surface area contributed by atoms with Gasteiger partial charge in [-0.2, -0.15) is 0 Å². The van der Waals surface area contributed by atoms with Crippen molar-refractivity contribution in [3.63, 3.8) is 0 Å². The third kappa shape index (κ3) is 3.16. The second-order valence-corrected chi connectivity index (χ2v) is 7.89. The highest BCUT2D eigenvalue weighted by Gasteiger charge is 2.32. The van der Waals surface area contributed by atoms with Gasteiger partial charge in [-0.3, -0.25) is 5.01 Å². The standard InChI is InChI=1S/C24H30N2/c1-17-11-7-9-13-22(17)24(5,6)18(2)15-16-25-26-20(4)19(3)21-12-8-10-14-23(21)26/h7-16,19-20,25H,2H2,1,3-6H3. The van der Waals surface area contributed by atoms with E-state index in [1.807, 2.05) is 6.20 Å². The van der Waals surface area contributed by atoms with Crippen molar-refractivity contribution in [1.82, 2.24) is 5.43 Å². The summed E-state index contributed by atoms with van der Waals surface area (Å²) < 4.78 is 0. The van der Waals surface area contributed by atoms with Crippen LogP contribution in [0.15, 0.2) is 73.0 Å². The zero-order chi connectivity index (χ0) is 18.9. The molecular weight excluding hydrogens is 316 g/mol. The van der Waals surface area contributed by atoms with Crippen molar-refractivity contribution in [2.24, 2.45) is 0 Å². The Bertz CT molecular complexity index is 832. The van der Waals surface area contributed by atoms with E-state index in [1.54, 1.807) is 0 Å². The first-order valence-corrected chi connectivity index (χ1v) is 9.40. The van der Waals surface area contributed by atoms with Crippen molar-refractivity contribution in [3.8, 4) is 0 Å². The van der Waals surface area contributed by atoms with E-state index in [0.29, 0.717) is 12.0 Å². The SMILES string of the molecule is C=C(C=CNN1c2ccccc2C(C)C1C)C(C)(C)c1ccccc1C. The van der Waals surface area contributed by atoms with Gasteiger partial charge in [0.15, 0.2) is 0 Å². The van der Waals surface area contributed by atoms with Crippen molar-refractivity contribution >= 4 is 5.69 Å². The number of hydrogen-bond acceptors (Lipinski definition) is 2. The summed E-state index contributed by atoms with van der Waals surface area (Å²) in [7, 11) is 0. The number of nitrogens with one attached hydrogen (secondary N) is 1. The molecule has 2 atom stereocenters. The van der Waals surface area contributed by atoms with E-state index in [1.165, 1.54) is 22.4 Å². The first-order chi connectivity index (χ1) is 12.3. The van der Waals surface area contributed by atoms with Gasteiger partial charge in [-0.15, -0.1) is 0 Å². The van der Waals surface area contributed by atoms with E-state index in [9.17, 15) is 0 Å². The number of fused-ring (bicyclic) bond motifs is 1. The van der Waals surface area contributed by atoms with Crippen molar-refractivity contribution in [2.45, 2.75) is 52.0 Å². The van der Waals surface area contributed by atoms with Gasteiger partial charge < -0.3 is 5.43 Å². The van der Waals surface area contributed by atoms with Crippen LogP contribution < -0.4 is 10.4 Å². The van der Waals surface area contributed by atoms with Crippen LogP contribution in [0.5, 0.6) is 0 Å². The lowest BCUT2D eigenvalue weighted by Crippen LogP contribution is -2.39. The summed E-state index contributed by atoms with van der Waals surface area (Å²) in [5.41, 5.74) is 9.76. The van der Waals surface area contributed by atoms with Crippen molar-refractivity contribution in [3.05, 3.63) is 89.6 Å². The van der Waals surface area contributed by atoms with Crippen LogP contribution in [-0.4, -0.2) is 6.04 Å². The molecule has 0 spiro atoms. The van der Waals surface area contributed by atoms with E-state index >= 15 is 0 Å². The summed E-state index contributed by atoms with van der Waals surface area (Å²) in [6.45, 7) is 15.5. The molecular formula is C24H30N2. The van der Waals surface area contributed by atoms with E-state index in [0.717, 1.165) is 5.57 Å². The molecule has 2 aromatic rings. The molecule has 3 rings (SSSR count). The maximum atomic E-state index is 4.34. The highest BCUT2D eigenvalue weighted by atomic mass is 15.5. The molecule has 2 aromatic carbocycles. The number of anilines is 1. The summed E-state index contributed by atoms with van der Waals surface area (Å²) in [5.74, 6) is 0.513. The number of rotatable bonds is 5. The maximum absolute atomic E-state index is 4.34. The maximum Gasteiger partial charge on any atom is 0.0610 e. The zero-order valence-electron chi connectivity index (χ0n) is 16.6. The Hall–Kier alpha value is -2.48. The first kappa shape index (κ1) is 18.3. The van der Waals surface area contributed by atoms with Crippen molar-refractivity contribution in [1.29, 1.82) is 0 Å². The van der Waals surface area contributed by atoms with Gasteiger partial charge in [-0.05, 0) is 48.3 Å². The molecule has 1 N–H and O–H groups in total. The fourth-order valence-electron chi connectivity index (χ4n) is 3.86. The molecule has 0 saturated carbocycles. The Labute approximate surface area is 158 Å². The molecule has 0 aromatic heterocycles. The monoisotopic (exact) mass is 346 g/mol. The van der Waals surface area contributed by atoms with Gasteiger partial charge in [-0.25, -0.2) is 0 Å². The number of hydrogen-bond donors (Lipinski definition) is 1. The van der Waals surface area contributed by atoms with E-state index in [4.69, 9.17) is 0 Å². The summed E-state index contributed by atoms with van der Waals surface area (Å²) in [6.07, 6.45) is 4.12. The topological polar surface area (TPSA) is 15.3 Å². The van der Waals surface area contributed by atoms with Crippen LogP contribution in [0.2, 0.25) is 0 Å². The molecule has 2 unspecified atom stereocenters. The zero-order valence-corrected chi connectivity index (χ0v) is 16.6. The van der Waals surface area contributed by atoms with Gasteiger partial charge in [0.1, 0.15) is 0 Å². The minimum Gasteiger partial charge on any atom is -0.305 e. The average Bonchev–Trinajstić information content (AvgIpc) is 2.87. The molecule has 0 bridgehead atoms. The Balaban J connectivity index is 1.75. The minimum atomic E-state index is -0.106. The van der Waals surface area contributed by atoms with Gasteiger partial charge in [0.05, 0.1) is 11.7 Å². The van der Waals surface area contributed by atoms with E-state index < -0.39 is 0 Å². The molecule has 26 heavy (non-hydrogen) atoms. The molecule has 1 aliphatic rings. The lowest BCUT2D eigenvalue weighted by Gasteiger charge is -2.29. The van der Waals surface area contributed by atoms with Crippen LogP contribution in [0, 0.1) is 6.92 Å². The number of nitrogens with zero attached hydrogens (tertiary/aromatic N) is 1. The smallest absolute Gasteiger partial charge is 0.0610 e. The molecule has 0 fully saturated rings. The number of para-hydroxylation sites is 1. The minimum absolute atomic E-state index is 0.106. The van der Waals surface area contributed by atoms with Crippen LogP contribution in [0.4, 0.5) is 5.69 Å². The molecule has 1 heterocycles. The van der Waals surface area contributed by atoms with Crippen LogP contribution in [-0.2, 0) is 5.41 Å². The second kappa shape index (κ2) is 7.03. The van der Waals surface area contributed by atoms with E-state index in [2.05, 4.69) is 106 Å². The molecule has 2 heteroatoms. The number of aryl methyl sites for hydroxylation is 1. The fraction of sp³-hybridized carbons (Fsp3) is 0.333. The predicted molar refractivity (Wildman–Crippen MR) is 112 cm³/mol.